The van der Waals surface area contributed by atoms with Crippen molar-refractivity contribution in [3.05, 3.63) is 47.9 Å². The fourth-order valence-corrected chi connectivity index (χ4v) is 1.34. The summed E-state index contributed by atoms with van der Waals surface area (Å²) in [6.45, 7) is 0. The van der Waals surface area contributed by atoms with Gasteiger partial charge in [-0.25, -0.2) is 9.37 Å². The van der Waals surface area contributed by atoms with Crippen LogP contribution in [0.15, 0.2) is 36.5 Å². The number of nitrogens with zero attached hydrogens (tertiary/aromatic N) is 2. The Morgan fingerprint density at radius 1 is 1.29 bits per heavy atom. The zero-order valence-corrected chi connectivity index (χ0v) is 8.81. The van der Waals surface area contributed by atoms with Gasteiger partial charge < -0.3 is 11.1 Å². The third-order valence-corrected chi connectivity index (χ3v) is 2.14. The maximum absolute atomic E-state index is 13.6. The number of rotatable bonds is 2. The van der Waals surface area contributed by atoms with Crippen molar-refractivity contribution in [3.63, 3.8) is 0 Å². The number of halogens is 1. The van der Waals surface area contributed by atoms with Gasteiger partial charge in [0.2, 0.25) is 0 Å². The van der Waals surface area contributed by atoms with Gasteiger partial charge in [-0.3, -0.25) is 0 Å². The number of hydrogen-bond donors (Lipinski definition) is 2. The third kappa shape index (κ3) is 2.49. The standard InChI is InChI=1S/C12H9FN4/c13-10-5-8(7-14)1-2-11(10)17-12-6-9(15)3-4-16-12/h1-6H,(H3,15,16,17). The molecule has 2 aromatic rings. The maximum atomic E-state index is 13.6. The van der Waals surface area contributed by atoms with E-state index in [1.165, 1.54) is 18.3 Å². The molecule has 84 valence electrons. The zero-order chi connectivity index (χ0) is 12.3. The number of hydrogen-bond acceptors (Lipinski definition) is 4. The van der Waals surface area contributed by atoms with Crippen molar-refractivity contribution < 1.29 is 4.39 Å². The first-order chi connectivity index (χ1) is 8.19. The van der Waals surface area contributed by atoms with Crippen LogP contribution in [0.2, 0.25) is 0 Å². The lowest BCUT2D eigenvalue weighted by Crippen LogP contribution is -1.97. The smallest absolute Gasteiger partial charge is 0.147 e. The summed E-state index contributed by atoms with van der Waals surface area (Å²) in [5, 5.41) is 11.4. The van der Waals surface area contributed by atoms with Crippen LogP contribution >= 0.6 is 0 Å². The predicted octanol–water partition coefficient (Wildman–Crippen LogP) is 2.42. The van der Waals surface area contributed by atoms with Crippen molar-refractivity contribution in [1.29, 1.82) is 5.26 Å². The molecule has 0 saturated heterocycles. The van der Waals surface area contributed by atoms with E-state index in [-0.39, 0.29) is 11.3 Å². The van der Waals surface area contributed by atoms with Crippen LogP contribution in [0.1, 0.15) is 5.56 Å². The molecule has 1 heterocycles. The van der Waals surface area contributed by atoms with E-state index in [4.69, 9.17) is 11.0 Å². The molecule has 5 heteroatoms. The van der Waals surface area contributed by atoms with Gasteiger partial charge in [0, 0.05) is 18.0 Å². The summed E-state index contributed by atoms with van der Waals surface area (Å²) in [5.41, 5.74) is 6.64. The molecular formula is C12H9FN4. The average Bonchev–Trinajstić information content (AvgIpc) is 2.32. The first kappa shape index (κ1) is 10.9. The van der Waals surface area contributed by atoms with Gasteiger partial charge in [0.25, 0.3) is 0 Å². The molecule has 17 heavy (non-hydrogen) atoms. The molecule has 0 aliphatic heterocycles. The number of anilines is 3. The largest absolute Gasteiger partial charge is 0.399 e. The molecule has 0 radical (unpaired) electrons. The highest BCUT2D eigenvalue weighted by Crippen LogP contribution is 2.20. The fraction of sp³-hybridized carbons (Fsp3) is 0. The summed E-state index contributed by atoms with van der Waals surface area (Å²) >= 11 is 0. The molecule has 1 aromatic carbocycles. The first-order valence-electron chi connectivity index (χ1n) is 4.87. The second-order valence-electron chi connectivity index (χ2n) is 3.41. The molecule has 0 spiro atoms. The minimum atomic E-state index is -0.506. The molecule has 0 unspecified atom stereocenters. The molecule has 2 rings (SSSR count). The van der Waals surface area contributed by atoms with Crippen LogP contribution < -0.4 is 11.1 Å². The van der Waals surface area contributed by atoms with Gasteiger partial charge in [-0.15, -0.1) is 0 Å². The number of nitrogens with two attached hydrogens (primary N) is 1. The molecule has 4 nitrogen and oxygen atoms in total. The second-order valence-corrected chi connectivity index (χ2v) is 3.41. The van der Waals surface area contributed by atoms with Crippen LogP contribution in [-0.4, -0.2) is 4.98 Å². The number of nitrogen functional groups attached to an aromatic ring is 1. The van der Waals surface area contributed by atoms with Crippen molar-refractivity contribution in [2.75, 3.05) is 11.1 Å². The van der Waals surface area contributed by atoms with Crippen molar-refractivity contribution in [1.82, 2.24) is 4.98 Å². The Bertz CT molecular complexity index is 589. The molecule has 0 aliphatic rings. The van der Waals surface area contributed by atoms with Crippen LogP contribution in [0, 0.1) is 17.1 Å². The molecule has 0 aliphatic carbocycles. The Kier molecular flexibility index (Phi) is 2.88. The Morgan fingerprint density at radius 3 is 2.76 bits per heavy atom. The van der Waals surface area contributed by atoms with Crippen LogP contribution in [0.3, 0.4) is 0 Å². The number of nitriles is 1. The third-order valence-electron chi connectivity index (χ3n) is 2.14. The minimum Gasteiger partial charge on any atom is -0.399 e. The maximum Gasteiger partial charge on any atom is 0.147 e. The molecule has 0 fully saturated rings. The lowest BCUT2D eigenvalue weighted by Gasteiger charge is -2.07. The number of pyridine rings is 1. The number of benzene rings is 1. The van der Waals surface area contributed by atoms with Crippen LogP contribution in [0.5, 0.6) is 0 Å². The molecule has 0 saturated carbocycles. The van der Waals surface area contributed by atoms with Gasteiger partial charge in [0.15, 0.2) is 0 Å². The van der Waals surface area contributed by atoms with E-state index in [1.54, 1.807) is 12.1 Å². The van der Waals surface area contributed by atoms with Gasteiger partial charge in [-0.1, -0.05) is 0 Å². The van der Waals surface area contributed by atoms with Crippen LogP contribution in [0.25, 0.3) is 0 Å². The summed E-state index contributed by atoms with van der Waals surface area (Å²) < 4.78 is 13.6. The quantitative estimate of drug-likeness (QED) is 0.827. The van der Waals surface area contributed by atoms with Gasteiger partial charge in [-0.05, 0) is 24.3 Å². The first-order valence-corrected chi connectivity index (χ1v) is 4.87. The summed E-state index contributed by atoms with van der Waals surface area (Å²) in [7, 11) is 0. The Balaban J connectivity index is 2.28. The lowest BCUT2D eigenvalue weighted by molar-refractivity contribution is 0.631. The fourth-order valence-electron chi connectivity index (χ4n) is 1.34. The average molecular weight is 228 g/mol. The van der Waals surface area contributed by atoms with Gasteiger partial charge >= 0.3 is 0 Å². The highest BCUT2D eigenvalue weighted by molar-refractivity contribution is 5.61. The molecule has 1 aromatic heterocycles. The number of nitrogens with one attached hydrogen (secondary N) is 1. The van der Waals surface area contributed by atoms with Gasteiger partial charge in [-0.2, -0.15) is 5.26 Å². The van der Waals surface area contributed by atoms with Crippen molar-refractivity contribution >= 4 is 17.2 Å². The van der Waals surface area contributed by atoms with Crippen molar-refractivity contribution in [2.45, 2.75) is 0 Å². The van der Waals surface area contributed by atoms with Gasteiger partial charge in [0.1, 0.15) is 11.6 Å². The van der Waals surface area contributed by atoms with Crippen molar-refractivity contribution in [3.8, 4) is 6.07 Å². The molecule has 0 bridgehead atoms. The second kappa shape index (κ2) is 4.49. The monoisotopic (exact) mass is 228 g/mol. The minimum absolute atomic E-state index is 0.252. The highest BCUT2D eigenvalue weighted by Gasteiger charge is 2.04. The van der Waals surface area contributed by atoms with Crippen molar-refractivity contribution in [2.24, 2.45) is 0 Å². The highest BCUT2D eigenvalue weighted by atomic mass is 19.1. The Morgan fingerprint density at radius 2 is 2.12 bits per heavy atom. The molecular weight excluding hydrogens is 219 g/mol. The lowest BCUT2D eigenvalue weighted by atomic mass is 10.2. The molecule has 0 atom stereocenters. The van der Waals surface area contributed by atoms with Crippen LogP contribution in [0.4, 0.5) is 21.6 Å². The summed E-state index contributed by atoms with van der Waals surface area (Å²) in [6.07, 6.45) is 1.53. The molecule has 3 N–H and O–H groups in total. The van der Waals surface area contributed by atoms with E-state index >= 15 is 0 Å². The summed E-state index contributed by atoms with van der Waals surface area (Å²) in [4.78, 5) is 4.00. The summed E-state index contributed by atoms with van der Waals surface area (Å²) in [6, 6.07) is 9.27. The zero-order valence-electron chi connectivity index (χ0n) is 8.81. The Hall–Kier alpha value is -2.61. The van der Waals surface area contributed by atoms with E-state index in [9.17, 15) is 4.39 Å². The van der Waals surface area contributed by atoms with E-state index in [0.29, 0.717) is 11.5 Å². The molecule has 0 amide bonds. The Labute approximate surface area is 97.5 Å². The van der Waals surface area contributed by atoms with Gasteiger partial charge in [0.05, 0.1) is 17.3 Å². The SMILES string of the molecule is N#Cc1ccc(Nc2cc(N)ccn2)c(F)c1. The van der Waals surface area contributed by atoms with Crippen LogP contribution in [-0.2, 0) is 0 Å². The van der Waals surface area contributed by atoms with E-state index in [0.717, 1.165) is 6.07 Å². The van der Waals surface area contributed by atoms with E-state index < -0.39 is 5.82 Å². The summed E-state index contributed by atoms with van der Waals surface area (Å²) in [5.74, 6) is -0.0538. The number of aromatic nitrogens is 1. The van der Waals surface area contributed by atoms with E-state index in [2.05, 4.69) is 10.3 Å². The topological polar surface area (TPSA) is 74.7 Å². The normalized spacial score (nSPS) is 9.65. The predicted molar refractivity (Wildman–Crippen MR) is 63.0 cm³/mol. The van der Waals surface area contributed by atoms with E-state index in [1.807, 2.05) is 6.07 Å².